The first kappa shape index (κ1) is 15.3. The van der Waals surface area contributed by atoms with Crippen molar-refractivity contribution in [1.29, 1.82) is 0 Å². The van der Waals surface area contributed by atoms with Gasteiger partial charge in [-0.15, -0.1) is 0 Å². The number of rotatable bonds is 5. The third kappa shape index (κ3) is 3.92. The first-order chi connectivity index (χ1) is 9.97. The number of hydrogen-bond acceptors (Lipinski definition) is 3. The summed E-state index contributed by atoms with van der Waals surface area (Å²) in [6.45, 7) is 3.16. The molecule has 0 aliphatic carbocycles. The van der Waals surface area contributed by atoms with Gasteiger partial charge in [-0.3, -0.25) is 9.59 Å². The van der Waals surface area contributed by atoms with E-state index in [4.69, 9.17) is 16.3 Å². The molecular weight excluding hydrogens is 288 g/mol. The van der Waals surface area contributed by atoms with Gasteiger partial charge in [-0.25, -0.2) is 0 Å². The zero-order chi connectivity index (χ0) is 15.4. The van der Waals surface area contributed by atoms with Crippen molar-refractivity contribution in [2.45, 2.75) is 20.0 Å². The van der Waals surface area contributed by atoms with Gasteiger partial charge in [-0.1, -0.05) is 11.6 Å². The smallest absolute Gasteiger partial charge is 0.193 e. The lowest BCUT2D eigenvalue weighted by atomic mass is 10.0. The third-order valence-electron chi connectivity index (χ3n) is 3.11. The highest BCUT2D eigenvalue weighted by Gasteiger charge is 2.11. The Bertz CT molecular complexity index is 645. The van der Waals surface area contributed by atoms with E-state index in [1.54, 1.807) is 55.5 Å². The summed E-state index contributed by atoms with van der Waals surface area (Å²) >= 11 is 5.80. The van der Waals surface area contributed by atoms with Crippen molar-refractivity contribution in [1.82, 2.24) is 0 Å². The second-order valence-corrected chi connectivity index (χ2v) is 5.17. The molecule has 0 radical (unpaired) electrons. The van der Waals surface area contributed by atoms with Crippen LogP contribution in [0.25, 0.3) is 0 Å². The van der Waals surface area contributed by atoms with E-state index < -0.39 is 6.10 Å². The van der Waals surface area contributed by atoms with Crippen LogP contribution in [0.1, 0.15) is 29.8 Å². The average Bonchev–Trinajstić information content (AvgIpc) is 2.48. The molecule has 2 rings (SSSR count). The average molecular weight is 303 g/mol. The topological polar surface area (TPSA) is 43.4 Å². The zero-order valence-corrected chi connectivity index (χ0v) is 12.6. The zero-order valence-electron chi connectivity index (χ0n) is 11.8. The summed E-state index contributed by atoms with van der Waals surface area (Å²) in [6.07, 6.45) is -0.497. The van der Waals surface area contributed by atoms with Crippen LogP contribution in [0.2, 0.25) is 5.02 Å². The predicted molar refractivity (Wildman–Crippen MR) is 82.1 cm³/mol. The number of Topliss-reactive ketones (excluding diaryl/α,β-unsaturated/α-hetero) is 1. The van der Waals surface area contributed by atoms with E-state index in [2.05, 4.69) is 0 Å². The summed E-state index contributed by atoms with van der Waals surface area (Å²) < 4.78 is 5.45. The van der Waals surface area contributed by atoms with E-state index in [-0.39, 0.29) is 11.6 Å². The number of carbonyl (C=O) groups excluding carboxylic acids is 2. The van der Waals surface area contributed by atoms with Crippen molar-refractivity contribution in [3.05, 3.63) is 64.7 Å². The number of ether oxygens (including phenoxy) is 1. The molecule has 2 aromatic rings. The third-order valence-corrected chi connectivity index (χ3v) is 3.36. The van der Waals surface area contributed by atoms with Crippen LogP contribution in [-0.2, 0) is 4.79 Å². The van der Waals surface area contributed by atoms with Crippen molar-refractivity contribution in [2.75, 3.05) is 0 Å². The number of hydrogen-bond donors (Lipinski definition) is 0. The fourth-order valence-electron chi connectivity index (χ4n) is 1.74. The maximum absolute atomic E-state index is 12.3. The van der Waals surface area contributed by atoms with E-state index in [1.807, 2.05) is 0 Å². The molecule has 4 heteroatoms. The molecular formula is C17H15ClO3. The van der Waals surface area contributed by atoms with E-state index in [9.17, 15) is 9.59 Å². The molecule has 2 aromatic carbocycles. The van der Waals surface area contributed by atoms with Crippen LogP contribution in [0.15, 0.2) is 48.5 Å². The van der Waals surface area contributed by atoms with Crippen LogP contribution < -0.4 is 4.74 Å². The highest BCUT2D eigenvalue weighted by molar-refractivity contribution is 6.30. The molecule has 3 nitrogen and oxygen atoms in total. The van der Waals surface area contributed by atoms with E-state index in [0.717, 1.165) is 0 Å². The fraction of sp³-hybridized carbons (Fsp3) is 0.176. The van der Waals surface area contributed by atoms with E-state index in [0.29, 0.717) is 21.9 Å². The second-order valence-electron chi connectivity index (χ2n) is 4.73. The van der Waals surface area contributed by atoms with Crippen LogP contribution in [0.3, 0.4) is 0 Å². The van der Waals surface area contributed by atoms with Crippen molar-refractivity contribution in [2.24, 2.45) is 0 Å². The number of ketones is 2. The van der Waals surface area contributed by atoms with Gasteiger partial charge < -0.3 is 4.74 Å². The van der Waals surface area contributed by atoms with Crippen LogP contribution >= 0.6 is 11.6 Å². The van der Waals surface area contributed by atoms with Crippen LogP contribution in [0.5, 0.6) is 5.75 Å². The molecule has 0 aliphatic heterocycles. The van der Waals surface area contributed by atoms with Gasteiger partial charge >= 0.3 is 0 Å². The van der Waals surface area contributed by atoms with E-state index in [1.165, 1.54) is 6.92 Å². The summed E-state index contributed by atoms with van der Waals surface area (Å²) in [5, 5.41) is 0.591. The predicted octanol–water partition coefficient (Wildman–Crippen LogP) is 3.93. The Kier molecular flexibility index (Phi) is 4.76. The summed E-state index contributed by atoms with van der Waals surface area (Å²) in [5.41, 5.74) is 1.13. The number of benzene rings is 2. The Morgan fingerprint density at radius 1 is 0.952 bits per heavy atom. The maximum Gasteiger partial charge on any atom is 0.193 e. The SMILES string of the molecule is CC(=O)C(C)Oc1ccc(C(=O)c2ccc(Cl)cc2)cc1. The Morgan fingerprint density at radius 2 is 1.43 bits per heavy atom. The molecule has 108 valence electrons. The molecule has 0 saturated carbocycles. The Balaban J connectivity index is 2.13. The Hall–Kier alpha value is -2.13. The molecule has 0 amide bonds. The van der Waals surface area contributed by atoms with Crippen LogP contribution in [0, 0.1) is 0 Å². The van der Waals surface area contributed by atoms with Gasteiger partial charge in [-0.2, -0.15) is 0 Å². The Labute approximate surface area is 128 Å². The van der Waals surface area contributed by atoms with Gasteiger partial charge in [-0.05, 0) is 62.4 Å². The lowest BCUT2D eigenvalue weighted by Crippen LogP contribution is -2.20. The normalized spacial score (nSPS) is 11.8. The van der Waals surface area contributed by atoms with Gasteiger partial charge in [0.25, 0.3) is 0 Å². The highest BCUT2D eigenvalue weighted by Crippen LogP contribution is 2.18. The summed E-state index contributed by atoms with van der Waals surface area (Å²) in [6, 6.07) is 13.5. The summed E-state index contributed by atoms with van der Waals surface area (Å²) in [5.74, 6) is 0.430. The number of halogens is 1. The first-order valence-electron chi connectivity index (χ1n) is 6.55. The monoisotopic (exact) mass is 302 g/mol. The highest BCUT2D eigenvalue weighted by atomic mass is 35.5. The van der Waals surface area contributed by atoms with Crippen LogP contribution in [0.4, 0.5) is 0 Å². The minimum absolute atomic E-state index is 0.0451. The van der Waals surface area contributed by atoms with Gasteiger partial charge in [0.1, 0.15) is 5.75 Å². The van der Waals surface area contributed by atoms with Gasteiger partial charge in [0.2, 0.25) is 0 Å². The van der Waals surface area contributed by atoms with Gasteiger partial charge in [0.15, 0.2) is 17.7 Å². The first-order valence-corrected chi connectivity index (χ1v) is 6.92. The Morgan fingerprint density at radius 3 is 1.90 bits per heavy atom. The summed E-state index contributed by atoms with van der Waals surface area (Å²) in [7, 11) is 0. The molecule has 0 saturated heterocycles. The molecule has 0 bridgehead atoms. The molecule has 1 atom stereocenters. The molecule has 21 heavy (non-hydrogen) atoms. The second kappa shape index (κ2) is 6.55. The van der Waals surface area contributed by atoms with Crippen molar-refractivity contribution >= 4 is 23.2 Å². The molecule has 0 heterocycles. The molecule has 0 aromatic heterocycles. The van der Waals surface area contributed by atoms with Gasteiger partial charge in [0.05, 0.1) is 0 Å². The largest absolute Gasteiger partial charge is 0.483 e. The van der Waals surface area contributed by atoms with Crippen LogP contribution in [-0.4, -0.2) is 17.7 Å². The van der Waals surface area contributed by atoms with Gasteiger partial charge in [0, 0.05) is 16.1 Å². The van der Waals surface area contributed by atoms with Crippen molar-refractivity contribution < 1.29 is 14.3 Å². The van der Waals surface area contributed by atoms with E-state index >= 15 is 0 Å². The lowest BCUT2D eigenvalue weighted by molar-refractivity contribution is -0.122. The molecule has 0 fully saturated rings. The fourth-order valence-corrected chi connectivity index (χ4v) is 1.87. The molecule has 0 N–H and O–H groups in total. The minimum Gasteiger partial charge on any atom is -0.483 e. The van der Waals surface area contributed by atoms with Crippen molar-refractivity contribution in [3.8, 4) is 5.75 Å². The quantitative estimate of drug-likeness (QED) is 0.786. The molecule has 1 unspecified atom stereocenters. The standard InChI is InChI=1S/C17H15ClO3/c1-11(19)12(2)21-16-9-5-14(6-10-16)17(20)13-3-7-15(18)8-4-13/h3-10,12H,1-2H3. The summed E-state index contributed by atoms with van der Waals surface area (Å²) in [4.78, 5) is 23.4. The molecule has 0 aliphatic rings. The van der Waals surface area contributed by atoms with Crippen molar-refractivity contribution in [3.63, 3.8) is 0 Å². The number of carbonyl (C=O) groups is 2. The molecule has 0 spiro atoms. The maximum atomic E-state index is 12.3. The lowest BCUT2D eigenvalue weighted by Gasteiger charge is -2.11. The minimum atomic E-state index is -0.497.